The Bertz CT molecular complexity index is 1060. The molecule has 0 radical (unpaired) electrons. The van der Waals surface area contributed by atoms with E-state index in [4.69, 9.17) is 0 Å². The van der Waals surface area contributed by atoms with Crippen LogP contribution in [0.2, 0.25) is 0 Å². The maximum absolute atomic E-state index is 12.2. The van der Waals surface area contributed by atoms with Crippen molar-refractivity contribution in [1.82, 2.24) is 23.9 Å². The molecule has 0 spiro atoms. The van der Waals surface area contributed by atoms with Crippen LogP contribution in [0.15, 0.2) is 43.1 Å². The number of hydrogen-bond donors (Lipinski definition) is 0. The van der Waals surface area contributed by atoms with E-state index in [0.717, 1.165) is 18.3 Å². The lowest BCUT2D eigenvalue weighted by Gasteiger charge is -2.08. The highest BCUT2D eigenvalue weighted by Gasteiger charge is 2.14. The summed E-state index contributed by atoms with van der Waals surface area (Å²) in [6, 6.07) is 6.82. The first-order chi connectivity index (χ1) is 10.4. The zero-order chi connectivity index (χ0) is 16.0. The fourth-order valence-electron chi connectivity index (χ4n) is 2.06. The van der Waals surface area contributed by atoms with Crippen molar-refractivity contribution in [3.8, 4) is 5.69 Å². The topological polar surface area (TPSA) is 91.8 Å². The minimum absolute atomic E-state index is 0.0357. The molecule has 2 heterocycles. The van der Waals surface area contributed by atoms with Gasteiger partial charge in [0.15, 0.2) is 11.2 Å². The Morgan fingerprint density at radius 1 is 1.00 bits per heavy atom. The molecule has 0 saturated carbocycles. The summed E-state index contributed by atoms with van der Waals surface area (Å²) >= 11 is 3.30. The molecule has 0 aliphatic rings. The summed E-state index contributed by atoms with van der Waals surface area (Å²) in [4.78, 5) is 40.0. The Balaban J connectivity index is 2.43. The summed E-state index contributed by atoms with van der Waals surface area (Å²) in [6.45, 7) is 0. The molecule has 0 bridgehead atoms. The Morgan fingerprint density at radius 3 is 2.27 bits per heavy atom. The molecule has 3 aromatic rings. The van der Waals surface area contributed by atoms with Gasteiger partial charge in [-0.3, -0.25) is 13.9 Å². The maximum atomic E-state index is 12.2. The Morgan fingerprint density at radius 2 is 1.64 bits per heavy atom. The van der Waals surface area contributed by atoms with E-state index in [0.29, 0.717) is 5.69 Å². The normalized spacial score (nSPS) is 11.0. The third-order valence-electron chi connectivity index (χ3n) is 3.26. The molecule has 0 atom stereocenters. The molecule has 112 valence electrons. The standard InChI is InChI=1S/C13H10BrN5O3/c1-17-10-9(11(20)18(2)13(17)22)16-19(12(21)15-10)8-5-3-7(14)4-6-8/h3-6H,1-2H3. The van der Waals surface area contributed by atoms with Crippen molar-refractivity contribution in [2.75, 3.05) is 0 Å². The van der Waals surface area contributed by atoms with Crippen LogP contribution in [-0.4, -0.2) is 23.9 Å². The summed E-state index contributed by atoms with van der Waals surface area (Å²) < 4.78 is 3.92. The fraction of sp³-hybridized carbons (Fsp3) is 0.154. The molecule has 0 aliphatic heterocycles. The smallest absolute Gasteiger partial charge is 0.279 e. The van der Waals surface area contributed by atoms with E-state index in [9.17, 15) is 14.4 Å². The monoisotopic (exact) mass is 363 g/mol. The van der Waals surface area contributed by atoms with Crippen LogP contribution >= 0.6 is 15.9 Å². The maximum Gasteiger partial charge on any atom is 0.370 e. The second kappa shape index (κ2) is 5.02. The third kappa shape index (κ3) is 2.10. The average Bonchev–Trinajstić information content (AvgIpc) is 2.51. The molecule has 9 heteroatoms. The molecule has 0 N–H and O–H groups in total. The number of halogens is 1. The van der Waals surface area contributed by atoms with Gasteiger partial charge in [0.1, 0.15) is 0 Å². The van der Waals surface area contributed by atoms with E-state index in [2.05, 4.69) is 26.0 Å². The summed E-state index contributed by atoms with van der Waals surface area (Å²) in [5.41, 5.74) is -1.45. The number of benzene rings is 1. The highest BCUT2D eigenvalue weighted by molar-refractivity contribution is 9.10. The van der Waals surface area contributed by atoms with Gasteiger partial charge in [0.05, 0.1) is 5.69 Å². The van der Waals surface area contributed by atoms with Crippen molar-refractivity contribution < 1.29 is 0 Å². The van der Waals surface area contributed by atoms with Gasteiger partial charge in [-0.25, -0.2) is 9.59 Å². The minimum Gasteiger partial charge on any atom is -0.279 e. The van der Waals surface area contributed by atoms with Crippen LogP contribution < -0.4 is 16.9 Å². The quantitative estimate of drug-likeness (QED) is 0.603. The molecule has 8 nitrogen and oxygen atoms in total. The number of aryl methyl sites for hydroxylation is 1. The molecule has 2 aromatic heterocycles. The third-order valence-corrected chi connectivity index (χ3v) is 3.79. The van der Waals surface area contributed by atoms with E-state index < -0.39 is 16.9 Å². The van der Waals surface area contributed by atoms with E-state index in [1.807, 2.05) is 0 Å². The van der Waals surface area contributed by atoms with Gasteiger partial charge in [0, 0.05) is 18.6 Å². The van der Waals surface area contributed by atoms with Crippen LogP contribution in [0.4, 0.5) is 0 Å². The molecular weight excluding hydrogens is 354 g/mol. The second-order valence-corrected chi connectivity index (χ2v) is 5.58. The number of rotatable bonds is 1. The van der Waals surface area contributed by atoms with Gasteiger partial charge in [-0.15, -0.1) is 0 Å². The van der Waals surface area contributed by atoms with Gasteiger partial charge >= 0.3 is 11.4 Å². The summed E-state index contributed by atoms with van der Waals surface area (Å²) in [5, 5.41) is 4.07. The van der Waals surface area contributed by atoms with Crippen molar-refractivity contribution in [3.05, 3.63) is 60.1 Å². The predicted octanol–water partition coefficient (Wildman–Crippen LogP) is -0.0594. The van der Waals surface area contributed by atoms with Crippen LogP contribution in [0.1, 0.15) is 0 Å². The number of hydrogen-bond acceptors (Lipinski definition) is 5. The first kappa shape index (κ1) is 14.4. The Kier molecular flexibility index (Phi) is 3.28. The van der Waals surface area contributed by atoms with Crippen molar-refractivity contribution in [2.45, 2.75) is 0 Å². The first-order valence-electron chi connectivity index (χ1n) is 6.23. The van der Waals surface area contributed by atoms with E-state index in [1.54, 1.807) is 24.3 Å². The molecule has 0 amide bonds. The van der Waals surface area contributed by atoms with Gasteiger partial charge < -0.3 is 0 Å². The van der Waals surface area contributed by atoms with E-state index >= 15 is 0 Å². The molecule has 0 aliphatic carbocycles. The van der Waals surface area contributed by atoms with Crippen molar-refractivity contribution in [3.63, 3.8) is 0 Å². The highest BCUT2D eigenvalue weighted by atomic mass is 79.9. The van der Waals surface area contributed by atoms with Crippen LogP contribution in [0.3, 0.4) is 0 Å². The lowest BCUT2D eigenvalue weighted by Crippen LogP contribution is -2.40. The second-order valence-electron chi connectivity index (χ2n) is 4.66. The summed E-state index contributed by atoms with van der Waals surface area (Å²) in [7, 11) is 2.78. The summed E-state index contributed by atoms with van der Waals surface area (Å²) in [6.07, 6.45) is 0. The van der Waals surface area contributed by atoms with Crippen LogP contribution in [-0.2, 0) is 14.1 Å². The number of aromatic nitrogens is 5. The van der Waals surface area contributed by atoms with Crippen molar-refractivity contribution in [2.24, 2.45) is 14.1 Å². The Labute approximate surface area is 131 Å². The lowest BCUT2D eigenvalue weighted by atomic mass is 10.3. The Hall–Kier alpha value is -2.55. The molecule has 0 fully saturated rings. The average molecular weight is 364 g/mol. The molecule has 0 saturated heterocycles. The van der Waals surface area contributed by atoms with Crippen LogP contribution in [0.5, 0.6) is 0 Å². The molecular formula is C13H10BrN5O3. The van der Waals surface area contributed by atoms with E-state index in [-0.39, 0.29) is 11.2 Å². The van der Waals surface area contributed by atoms with Gasteiger partial charge in [0.25, 0.3) is 5.56 Å². The van der Waals surface area contributed by atoms with Gasteiger partial charge in [-0.2, -0.15) is 14.8 Å². The van der Waals surface area contributed by atoms with Crippen molar-refractivity contribution in [1.29, 1.82) is 0 Å². The molecule has 0 unspecified atom stereocenters. The highest BCUT2D eigenvalue weighted by Crippen LogP contribution is 2.12. The summed E-state index contributed by atoms with van der Waals surface area (Å²) in [5.74, 6) is 0. The number of nitrogens with zero attached hydrogens (tertiary/aromatic N) is 5. The van der Waals surface area contributed by atoms with Gasteiger partial charge in [-0.05, 0) is 24.3 Å². The van der Waals surface area contributed by atoms with Crippen molar-refractivity contribution >= 4 is 27.1 Å². The predicted molar refractivity (Wildman–Crippen MR) is 83.3 cm³/mol. The zero-order valence-corrected chi connectivity index (χ0v) is 13.2. The first-order valence-corrected chi connectivity index (χ1v) is 7.02. The van der Waals surface area contributed by atoms with Crippen LogP contribution in [0, 0.1) is 0 Å². The molecule has 22 heavy (non-hydrogen) atoms. The lowest BCUT2D eigenvalue weighted by molar-refractivity contribution is 0.683. The SMILES string of the molecule is Cn1c(=O)c2nn(-c3ccc(Br)cc3)c(=O)nc2n(C)c1=O. The minimum atomic E-state index is -0.668. The molecule has 1 aromatic carbocycles. The zero-order valence-electron chi connectivity index (χ0n) is 11.6. The fourth-order valence-corrected chi connectivity index (χ4v) is 2.33. The number of fused-ring (bicyclic) bond motifs is 1. The van der Waals surface area contributed by atoms with Gasteiger partial charge in [-0.1, -0.05) is 15.9 Å². The van der Waals surface area contributed by atoms with Crippen LogP contribution in [0.25, 0.3) is 16.9 Å². The molecule has 3 rings (SSSR count). The largest absolute Gasteiger partial charge is 0.370 e. The van der Waals surface area contributed by atoms with Gasteiger partial charge in [0.2, 0.25) is 0 Å². The van der Waals surface area contributed by atoms with E-state index in [1.165, 1.54) is 14.1 Å².